The number of nitro groups is 1. The Hall–Kier alpha value is -3.74. The molecule has 1 heterocycles. The number of hydrazone groups is 1. The molecule has 0 saturated heterocycles. The van der Waals surface area contributed by atoms with Crippen molar-refractivity contribution in [2.24, 2.45) is 5.10 Å². The van der Waals surface area contributed by atoms with Gasteiger partial charge < -0.3 is 4.57 Å². The molecule has 1 aromatic heterocycles. The van der Waals surface area contributed by atoms with Crippen molar-refractivity contribution in [2.75, 3.05) is 0 Å². The van der Waals surface area contributed by atoms with Crippen molar-refractivity contribution in [2.45, 2.75) is 20.8 Å². The van der Waals surface area contributed by atoms with E-state index in [1.54, 1.807) is 42.6 Å². The highest BCUT2D eigenvalue weighted by atomic mass is 16.6. The third-order valence-corrected chi connectivity index (χ3v) is 4.51. The van der Waals surface area contributed by atoms with Gasteiger partial charge in [0.05, 0.1) is 11.1 Å². The Bertz CT molecular complexity index is 1070. The summed E-state index contributed by atoms with van der Waals surface area (Å²) in [5.74, 6) is -0.281. The van der Waals surface area contributed by atoms with Gasteiger partial charge in [-0.2, -0.15) is 5.10 Å². The van der Waals surface area contributed by atoms with Gasteiger partial charge in [0.15, 0.2) is 0 Å². The lowest BCUT2D eigenvalue weighted by Gasteiger charge is -2.12. The lowest BCUT2D eigenvalue weighted by molar-refractivity contribution is -0.384. The quantitative estimate of drug-likeness (QED) is 0.413. The zero-order valence-electron chi connectivity index (χ0n) is 15.8. The molecule has 0 spiro atoms. The second-order valence-corrected chi connectivity index (χ2v) is 6.45. The van der Waals surface area contributed by atoms with E-state index >= 15 is 0 Å². The van der Waals surface area contributed by atoms with Crippen LogP contribution >= 0.6 is 0 Å². The SMILES string of the molecule is Cc1cc([N+](=O)[O-])ccc1-n1c(C)cc(/C=N/NC(=O)c2ccccc2)c1C. The number of hydrogen-bond donors (Lipinski definition) is 1. The zero-order valence-corrected chi connectivity index (χ0v) is 15.8. The van der Waals surface area contributed by atoms with E-state index in [2.05, 4.69) is 10.5 Å². The van der Waals surface area contributed by atoms with Crippen LogP contribution in [0.1, 0.15) is 32.9 Å². The van der Waals surface area contributed by atoms with Crippen LogP contribution in [0.5, 0.6) is 0 Å². The first-order chi connectivity index (χ1) is 13.4. The van der Waals surface area contributed by atoms with Gasteiger partial charge in [-0.1, -0.05) is 18.2 Å². The fourth-order valence-corrected chi connectivity index (χ4v) is 3.11. The van der Waals surface area contributed by atoms with Crippen molar-refractivity contribution >= 4 is 17.8 Å². The maximum absolute atomic E-state index is 12.1. The summed E-state index contributed by atoms with van der Waals surface area (Å²) in [4.78, 5) is 22.6. The van der Waals surface area contributed by atoms with Crippen LogP contribution in [0.25, 0.3) is 5.69 Å². The number of carbonyl (C=O) groups is 1. The molecule has 0 saturated carbocycles. The molecule has 0 atom stereocenters. The average molecular weight is 376 g/mol. The molecule has 0 fully saturated rings. The lowest BCUT2D eigenvalue weighted by atomic mass is 10.1. The smallest absolute Gasteiger partial charge is 0.271 e. The maximum Gasteiger partial charge on any atom is 0.271 e. The molecule has 7 nitrogen and oxygen atoms in total. The fraction of sp³-hybridized carbons (Fsp3) is 0.143. The van der Waals surface area contributed by atoms with E-state index in [1.807, 2.05) is 37.5 Å². The van der Waals surface area contributed by atoms with Crippen molar-refractivity contribution in [3.63, 3.8) is 0 Å². The minimum atomic E-state index is -0.403. The van der Waals surface area contributed by atoms with Gasteiger partial charge in [0.25, 0.3) is 11.6 Å². The summed E-state index contributed by atoms with van der Waals surface area (Å²) in [6.45, 7) is 5.73. The Morgan fingerprint density at radius 1 is 1.11 bits per heavy atom. The summed E-state index contributed by atoms with van der Waals surface area (Å²) in [6, 6.07) is 15.6. The predicted molar refractivity (Wildman–Crippen MR) is 108 cm³/mol. The molecule has 1 amide bonds. The summed E-state index contributed by atoms with van der Waals surface area (Å²) in [5, 5.41) is 15.0. The molecule has 3 aromatic rings. The number of aryl methyl sites for hydroxylation is 2. The van der Waals surface area contributed by atoms with E-state index in [4.69, 9.17) is 0 Å². The number of rotatable bonds is 5. The Balaban J connectivity index is 1.84. The number of nitrogens with one attached hydrogen (secondary N) is 1. The van der Waals surface area contributed by atoms with E-state index < -0.39 is 4.92 Å². The van der Waals surface area contributed by atoms with E-state index in [0.29, 0.717) is 5.56 Å². The summed E-state index contributed by atoms with van der Waals surface area (Å²) in [6.07, 6.45) is 1.60. The second-order valence-electron chi connectivity index (χ2n) is 6.45. The molecule has 0 bridgehead atoms. The molecule has 28 heavy (non-hydrogen) atoms. The van der Waals surface area contributed by atoms with E-state index in [-0.39, 0.29) is 11.6 Å². The van der Waals surface area contributed by atoms with E-state index in [9.17, 15) is 14.9 Å². The molecule has 2 aromatic carbocycles. The molecule has 142 valence electrons. The van der Waals surface area contributed by atoms with Crippen LogP contribution in [0.4, 0.5) is 5.69 Å². The molecule has 0 aliphatic heterocycles. The summed E-state index contributed by atoms with van der Waals surface area (Å²) >= 11 is 0. The predicted octanol–water partition coefficient (Wildman–Crippen LogP) is 4.07. The number of nitro benzene ring substituents is 1. The van der Waals surface area contributed by atoms with Crippen LogP contribution in [-0.4, -0.2) is 21.6 Å². The van der Waals surface area contributed by atoms with Gasteiger partial charge in [0.1, 0.15) is 0 Å². The van der Waals surface area contributed by atoms with E-state index in [0.717, 1.165) is 28.2 Å². The molecule has 3 rings (SSSR count). The van der Waals surface area contributed by atoms with Crippen LogP contribution in [0.2, 0.25) is 0 Å². The maximum atomic E-state index is 12.1. The minimum Gasteiger partial charge on any atom is -0.318 e. The van der Waals surface area contributed by atoms with Crippen LogP contribution in [-0.2, 0) is 0 Å². The van der Waals surface area contributed by atoms with Crippen molar-refractivity contribution in [1.29, 1.82) is 0 Å². The number of aromatic nitrogens is 1. The third-order valence-electron chi connectivity index (χ3n) is 4.51. The molecule has 7 heteroatoms. The number of hydrogen-bond acceptors (Lipinski definition) is 4. The van der Waals surface area contributed by atoms with E-state index in [1.165, 1.54) is 6.07 Å². The standard InChI is InChI=1S/C21H20N4O3/c1-14-11-19(25(27)28)9-10-20(14)24-15(2)12-18(16(24)3)13-22-23-21(26)17-7-5-4-6-8-17/h4-13H,1-3H3,(H,23,26)/b22-13+. The highest BCUT2D eigenvalue weighted by Crippen LogP contribution is 2.25. The number of benzene rings is 2. The fourth-order valence-electron chi connectivity index (χ4n) is 3.11. The molecular weight excluding hydrogens is 356 g/mol. The Labute approximate surface area is 162 Å². The normalized spacial score (nSPS) is 11.0. The van der Waals surface area contributed by atoms with Gasteiger partial charge in [-0.15, -0.1) is 0 Å². The number of amides is 1. The Morgan fingerprint density at radius 2 is 1.82 bits per heavy atom. The van der Waals surface area contributed by atoms with Crippen molar-refractivity contribution in [3.8, 4) is 5.69 Å². The first-order valence-corrected chi connectivity index (χ1v) is 8.71. The van der Waals surface area contributed by atoms with Gasteiger partial charge >= 0.3 is 0 Å². The highest BCUT2D eigenvalue weighted by molar-refractivity contribution is 5.94. The highest BCUT2D eigenvalue weighted by Gasteiger charge is 2.14. The first-order valence-electron chi connectivity index (χ1n) is 8.71. The third kappa shape index (κ3) is 3.83. The van der Waals surface area contributed by atoms with Crippen LogP contribution in [0.3, 0.4) is 0 Å². The van der Waals surface area contributed by atoms with Gasteiger partial charge in [-0.25, -0.2) is 5.43 Å². The van der Waals surface area contributed by atoms with Gasteiger partial charge in [-0.3, -0.25) is 14.9 Å². The lowest BCUT2D eigenvalue weighted by Crippen LogP contribution is -2.17. The Morgan fingerprint density at radius 3 is 2.46 bits per heavy atom. The molecule has 0 aliphatic rings. The average Bonchev–Trinajstić information content (AvgIpc) is 2.96. The summed E-state index contributed by atoms with van der Waals surface area (Å²) in [7, 11) is 0. The topological polar surface area (TPSA) is 89.5 Å². The second kappa shape index (κ2) is 7.87. The van der Waals surface area contributed by atoms with Crippen LogP contribution < -0.4 is 5.43 Å². The number of carbonyl (C=O) groups excluding carboxylic acids is 1. The summed E-state index contributed by atoms with van der Waals surface area (Å²) < 4.78 is 2.01. The van der Waals surface area contributed by atoms with Crippen molar-refractivity contribution < 1.29 is 9.72 Å². The monoisotopic (exact) mass is 376 g/mol. The zero-order chi connectivity index (χ0) is 20.3. The van der Waals surface area contributed by atoms with Crippen molar-refractivity contribution in [3.05, 3.63) is 92.8 Å². The number of non-ortho nitro benzene ring substituents is 1. The first kappa shape index (κ1) is 19.0. The van der Waals surface area contributed by atoms with Crippen LogP contribution in [0, 0.1) is 30.9 Å². The number of nitrogens with zero attached hydrogens (tertiary/aromatic N) is 3. The Kier molecular flexibility index (Phi) is 5.35. The van der Waals surface area contributed by atoms with Crippen molar-refractivity contribution in [1.82, 2.24) is 9.99 Å². The minimum absolute atomic E-state index is 0.0640. The van der Waals surface area contributed by atoms with Gasteiger partial charge in [0.2, 0.25) is 0 Å². The summed E-state index contributed by atoms with van der Waals surface area (Å²) in [5.41, 5.74) is 7.53. The van der Waals surface area contributed by atoms with Gasteiger partial charge in [0, 0.05) is 40.3 Å². The van der Waals surface area contributed by atoms with Crippen LogP contribution in [0.15, 0.2) is 59.7 Å². The molecular formula is C21H20N4O3. The van der Waals surface area contributed by atoms with Gasteiger partial charge in [-0.05, 0) is 50.6 Å². The largest absolute Gasteiger partial charge is 0.318 e. The molecule has 0 unspecified atom stereocenters. The molecule has 1 N–H and O–H groups in total. The molecule has 0 radical (unpaired) electrons. The molecule has 0 aliphatic carbocycles.